The summed E-state index contributed by atoms with van der Waals surface area (Å²) < 4.78 is 11.3. The van der Waals surface area contributed by atoms with Crippen molar-refractivity contribution in [3.63, 3.8) is 0 Å². The normalized spacial score (nSPS) is 13.7. The molecule has 0 bridgehead atoms. The third kappa shape index (κ3) is 10.8. The highest BCUT2D eigenvalue weighted by molar-refractivity contribution is 5.91. The molecule has 0 heterocycles. The van der Waals surface area contributed by atoms with Crippen LogP contribution in [-0.2, 0) is 14.9 Å². The van der Waals surface area contributed by atoms with Crippen LogP contribution in [-0.4, -0.2) is 18.3 Å². The second-order valence-corrected chi connectivity index (χ2v) is 14.2. The van der Waals surface area contributed by atoms with Crippen molar-refractivity contribution >= 4 is 23.6 Å². The van der Waals surface area contributed by atoms with E-state index in [1.807, 2.05) is 43.3 Å². The molecule has 2 N–H and O–H groups in total. The molecule has 0 spiro atoms. The Morgan fingerprint density at radius 1 is 0.667 bits per heavy atom. The van der Waals surface area contributed by atoms with E-state index in [1.54, 1.807) is 19.1 Å². The smallest absolute Gasteiger partial charge is 0.412 e. The maximum atomic E-state index is 13.3. The van der Waals surface area contributed by atoms with E-state index in [0.717, 1.165) is 36.8 Å². The molecule has 3 aromatic rings. The monoisotopic (exact) mass is 692 g/mol. The zero-order valence-corrected chi connectivity index (χ0v) is 31.5. The minimum absolute atomic E-state index is 0.261. The van der Waals surface area contributed by atoms with Gasteiger partial charge in [-0.05, 0) is 84.8 Å². The summed E-state index contributed by atoms with van der Waals surface area (Å²) in [5.74, 6) is 0. The molecule has 1 aliphatic carbocycles. The largest absolute Gasteiger partial charge is 0.442 e. The van der Waals surface area contributed by atoms with Crippen molar-refractivity contribution in [2.75, 3.05) is 10.6 Å². The first-order valence-corrected chi connectivity index (χ1v) is 19.3. The minimum atomic E-state index is -0.559. The SMILES string of the molecule is C=CC(C)OC(=O)Nc1ccc2c(c1)C(CCCCCCCC)(CCCCCCCC)c1cc(NC(=O)OC(C=C)c3ccc(C)cc3)ccc1-2. The summed E-state index contributed by atoms with van der Waals surface area (Å²) in [4.78, 5) is 26.1. The van der Waals surface area contributed by atoms with Gasteiger partial charge in [0.2, 0.25) is 0 Å². The highest BCUT2D eigenvalue weighted by atomic mass is 16.6. The van der Waals surface area contributed by atoms with Crippen molar-refractivity contribution in [3.8, 4) is 11.1 Å². The predicted molar refractivity (Wildman–Crippen MR) is 213 cm³/mol. The Bertz CT molecular complexity index is 1580. The molecule has 6 nitrogen and oxygen atoms in total. The topological polar surface area (TPSA) is 76.7 Å². The van der Waals surface area contributed by atoms with E-state index in [4.69, 9.17) is 9.47 Å². The van der Waals surface area contributed by atoms with Crippen LogP contribution in [0, 0.1) is 6.92 Å². The number of unbranched alkanes of at least 4 members (excludes halogenated alkanes) is 10. The van der Waals surface area contributed by atoms with E-state index in [9.17, 15) is 9.59 Å². The lowest BCUT2D eigenvalue weighted by Crippen LogP contribution is -2.26. The molecule has 2 atom stereocenters. The Hall–Kier alpha value is -4.32. The van der Waals surface area contributed by atoms with Crippen LogP contribution >= 0.6 is 0 Å². The molecule has 4 rings (SSSR count). The minimum Gasteiger partial charge on any atom is -0.442 e. The second kappa shape index (κ2) is 19.9. The van der Waals surface area contributed by atoms with E-state index in [-0.39, 0.29) is 11.5 Å². The maximum Gasteiger partial charge on any atom is 0.412 e. The molecule has 6 heteroatoms. The average Bonchev–Trinajstić information content (AvgIpc) is 3.38. The molecule has 3 aromatic carbocycles. The summed E-state index contributed by atoms with van der Waals surface area (Å²) in [6.45, 7) is 16.0. The van der Waals surface area contributed by atoms with Crippen molar-refractivity contribution in [2.24, 2.45) is 0 Å². The predicted octanol–water partition coefficient (Wildman–Crippen LogP) is 13.4. The first kappa shape index (κ1) is 39.5. The Morgan fingerprint density at radius 2 is 1.14 bits per heavy atom. The Labute approximate surface area is 307 Å². The number of benzene rings is 3. The average molecular weight is 693 g/mol. The molecule has 0 saturated carbocycles. The molecular formula is C45H60N2O4. The zero-order chi connectivity index (χ0) is 36.6. The van der Waals surface area contributed by atoms with Crippen LogP contribution in [0.2, 0.25) is 0 Å². The van der Waals surface area contributed by atoms with Crippen LogP contribution in [0.3, 0.4) is 0 Å². The third-order valence-electron chi connectivity index (χ3n) is 10.2. The second-order valence-electron chi connectivity index (χ2n) is 14.2. The number of rotatable bonds is 21. The van der Waals surface area contributed by atoms with Gasteiger partial charge in [0.05, 0.1) is 0 Å². The van der Waals surface area contributed by atoms with Gasteiger partial charge in [0, 0.05) is 16.8 Å². The molecular weight excluding hydrogens is 633 g/mol. The van der Waals surface area contributed by atoms with Gasteiger partial charge in [0.1, 0.15) is 12.2 Å². The van der Waals surface area contributed by atoms with Gasteiger partial charge < -0.3 is 9.47 Å². The molecule has 0 fully saturated rings. The molecule has 2 unspecified atom stereocenters. The number of fused-ring (bicyclic) bond motifs is 3. The van der Waals surface area contributed by atoms with Gasteiger partial charge in [-0.1, -0.05) is 152 Å². The Kier molecular flexibility index (Phi) is 15.4. The fraction of sp³-hybridized carbons (Fsp3) is 0.467. The first-order chi connectivity index (χ1) is 24.7. The number of carbonyl (C=O) groups excluding carboxylic acids is 2. The highest BCUT2D eigenvalue weighted by Crippen LogP contribution is 2.55. The molecule has 0 radical (unpaired) electrons. The lowest BCUT2D eigenvalue weighted by molar-refractivity contribution is 0.134. The van der Waals surface area contributed by atoms with Gasteiger partial charge in [0.15, 0.2) is 0 Å². The van der Waals surface area contributed by atoms with Gasteiger partial charge in [-0.2, -0.15) is 0 Å². The number of hydrogen-bond donors (Lipinski definition) is 2. The van der Waals surface area contributed by atoms with Gasteiger partial charge in [-0.15, -0.1) is 0 Å². The van der Waals surface area contributed by atoms with Gasteiger partial charge >= 0.3 is 12.2 Å². The molecule has 0 aromatic heterocycles. The van der Waals surface area contributed by atoms with Crippen LogP contribution in [0.4, 0.5) is 21.0 Å². The third-order valence-corrected chi connectivity index (χ3v) is 10.2. The fourth-order valence-corrected chi connectivity index (χ4v) is 7.36. The van der Waals surface area contributed by atoms with Crippen molar-refractivity contribution < 1.29 is 19.1 Å². The first-order valence-electron chi connectivity index (χ1n) is 19.3. The van der Waals surface area contributed by atoms with E-state index in [2.05, 4.69) is 61.9 Å². The van der Waals surface area contributed by atoms with Crippen molar-refractivity contribution in [1.82, 2.24) is 0 Å². The van der Waals surface area contributed by atoms with E-state index < -0.39 is 18.3 Å². The highest BCUT2D eigenvalue weighted by Gasteiger charge is 2.42. The number of ether oxygens (including phenoxy) is 2. The standard InChI is InChI=1S/C45H60N2O4/c1-7-11-13-15-17-19-29-45(30-20-18-16-14-12-8-2)40-31-36(46-43(48)50-34(6)9-3)25-27-38(40)39-28-26-37(32-41(39)45)47-44(49)51-42(10-4)35-23-21-33(5)22-24-35/h9-10,21-28,31-32,34,42H,3-4,7-8,11-20,29-30H2,1-2,5-6H3,(H,46,48)(H,47,49). The molecule has 274 valence electrons. The lowest BCUT2D eigenvalue weighted by Gasteiger charge is -2.33. The van der Waals surface area contributed by atoms with Crippen molar-refractivity contribution in [1.29, 1.82) is 0 Å². The lowest BCUT2D eigenvalue weighted by atomic mass is 9.70. The number of nitrogens with one attached hydrogen (secondary N) is 2. The van der Waals surface area contributed by atoms with E-state index >= 15 is 0 Å². The summed E-state index contributed by atoms with van der Waals surface area (Å²) in [5.41, 5.74) is 8.00. The van der Waals surface area contributed by atoms with Crippen LogP contribution in [0.25, 0.3) is 11.1 Å². The molecule has 0 saturated heterocycles. The van der Waals surface area contributed by atoms with E-state index in [0.29, 0.717) is 11.4 Å². The van der Waals surface area contributed by atoms with Gasteiger partial charge in [-0.25, -0.2) is 9.59 Å². The van der Waals surface area contributed by atoms with Crippen LogP contribution in [0.5, 0.6) is 0 Å². The van der Waals surface area contributed by atoms with Crippen molar-refractivity contribution in [2.45, 2.75) is 135 Å². The fourth-order valence-electron chi connectivity index (χ4n) is 7.36. The summed E-state index contributed by atoms with van der Waals surface area (Å²) in [6, 6.07) is 20.4. The Morgan fingerprint density at radius 3 is 1.61 bits per heavy atom. The van der Waals surface area contributed by atoms with Crippen LogP contribution in [0.15, 0.2) is 86.0 Å². The number of amides is 2. The van der Waals surface area contributed by atoms with Crippen molar-refractivity contribution in [3.05, 3.63) is 108 Å². The number of anilines is 2. The number of aryl methyl sites for hydroxylation is 1. The zero-order valence-electron chi connectivity index (χ0n) is 31.5. The quantitative estimate of drug-likeness (QED) is 0.0860. The van der Waals surface area contributed by atoms with E-state index in [1.165, 1.54) is 86.5 Å². The summed E-state index contributed by atoms with van der Waals surface area (Å²) in [7, 11) is 0. The van der Waals surface area contributed by atoms with Gasteiger partial charge in [0.25, 0.3) is 0 Å². The van der Waals surface area contributed by atoms with Crippen LogP contribution in [0.1, 0.15) is 139 Å². The molecule has 1 aliphatic rings. The van der Waals surface area contributed by atoms with Gasteiger partial charge in [-0.3, -0.25) is 10.6 Å². The Balaban J connectivity index is 1.67. The molecule has 51 heavy (non-hydrogen) atoms. The summed E-state index contributed by atoms with van der Waals surface area (Å²) >= 11 is 0. The van der Waals surface area contributed by atoms with Crippen LogP contribution < -0.4 is 10.6 Å². The summed E-state index contributed by atoms with van der Waals surface area (Å²) in [5, 5.41) is 6.00. The summed E-state index contributed by atoms with van der Waals surface area (Å²) in [6.07, 6.45) is 17.8. The molecule has 0 aliphatic heterocycles. The molecule has 2 amide bonds. The number of hydrogen-bond acceptors (Lipinski definition) is 4. The maximum absolute atomic E-state index is 13.3. The number of carbonyl (C=O) groups is 2.